The first kappa shape index (κ1) is 17.5. The van der Waals surface area contributed by atoms with Crippen LogP contribution in [-0.2, 0) is 9.05 Å². The first-order valence-corrected chi connectivity index (χ1v) is 9.02. The molecule has 0 saturated heterocycles. The van der Waals surface area contributed by atoms with Crippen molar-refractivity contribution in [2.75, 3.05) is 13.6 Å². The molecule has 4 nitrogen and oxygen atoms in total. The molecule has 0 aliphatic heterocycles. The van der Waals surface area contributed by atoms with Gasteiger partial charge in [0, 0.05) is 34.3 Å². The zero-order valence-electron chi connectivity index (χ0n) is 11.8. The summed E-state index contributed by atoms with van der Waals surface area (Å²) in [5, 5.41) is 0. The molecule has 0 N–H and O–H groups in total. The SMILES string of the molecule is CN(CC(C)(C)C)C(=O)c1ccc(Br)c(S(=O)(=O)Cl)c1. The quantitative estimate of drug-likeness (QED) is 0.752. The van der Waals surface area contributed by atoms with E-state index in [1.807, 2.05) is 20.8 Å². The van der Waals surface area contributed by atoms with Crippen molar-refractivity contribution in [2.24, 2.45) is 5.41 Å². The highest BCUT2D eigenvalue weighted by molar-refractivity contribution is 9.10. The third-order valence-electron chi connectivity index (χ3n) is 2.50. The number of nitrogens with zero attached hydrogens (tertiary/aromatic N) is 1. The van der Waals surface area contributed by atoms with Gasteiger partial charge >= 0.3 is 0 Å². The Kier molecular flexibility index (Phi) is 5.27. The fraction of sp³-hybridized carbons (Fsp3) is 0.462. The maximum Gasteiger partial charge on any atom is 0.262 e. The van der Waals surface area contributed by atoms with Gasteiger partial charge in [0.2, 0.25) is 0 Å². The van der Waals surface area contributed by atoms with Crippen LogP contribution >= 0.6 is 26.6 Å². The Morgan fingerprint density at radius 2 is 1.90 bits per heavy atom. The van der Waals surface area contributed by atoms with Crippen molar-refractivity contribution in [3.8, 4) is 0 Å². The van der Waals surface area contributed by atoms with Crippen LogP contribution in [0, 0.1) is 5.41 Å². The van der Waals surface area contributed by atoms with E-state index in [9.17, 15) is 13.2 Å². The topological polar surface area (TPSA) is 54.5 Å². The van der Waals surface area contributed by atoms with E-state index < -0.39 is 9.05 Å². The van der Waals surface area contributed by atoms with Gasteiger partial charge in [-0.2, -0.15) is 0 Å². The maximum atomic E-state index is 12.3. The minimum atomic E-state index is -3.90. The molecule has 7 heteroatoms. The van der Waals surface area contributed by atoms with Gasteiger partial charge in [0.25, 0.3) is 15.0 Å². The van der Waals surface area contributed by atoms with Crippen molar-refractivity contribution in [3.63, 3.8) is 0 Å². The van der Waals surface area contributed by atoms with Crippen LogP contribution in [0.15, 0.2) is 27.6 Å². The van der Waals surface area contributed by atoms with E-state index in [2.05, 4.69) is 15.9 Å². The molecule has 1 aromatic carbocycles. The van der Waals surface area contributed by atoms with E-state index >= 15 is 0 Å². The molecular formula is C13H17BrClNO3S. The molecule has 0 aromatic heterocycles. The first-order chi connectivity index (χ1) is 8.92. The summed E-state index contributed by atoms with van der Waals surface area (Å²) in [7, 11) is 3.13. The van der Waals surface area contributed by atoms with E-state index in [0.717, 1.165) is 0 Å². The number of carbonyl (C=O) groups excluding carboxylic acids is 1. The summed E-state index contributed by atoms with van der Waals surface area (Å²) < 4.78 is 23.2. The Morgan fingerprint density at radius 3 is 2.35 bits per heavy atom. The number of benzene rings is 1. The van der Waals surface area contributed by atoms with Gasteiger partial charge in [0.15, 0.2) is 0 Å². The Labute approximate surface area is 132 Å². The molecule has 0 saturated carbocycles. The van der Waals surface area contributed by atoms with Gasteiger partial charge in [-0.3, -0.25) is 4.79 Å². The number of halogens is 2. The molecule has 1 amide bonds. The zero-order chi connectivity index (χ0) is 15.7. The second-order valence-corrected chi connectivity index (χ2v) is 9.19. The van der Waals surface area contributed by atoms with Gasteiger partial charge in [-0.1, -0.05) is 20.8 Å². The average molecular weight is 383 g/mol. The van der Waals surface area contributed by atoms with Gasteiger partial charge < -0.3 is 4.90 Å². The maximum absolute atomic E-state index is 12.3. The van der Waals surface area contributed by atoms with E-state index in [1.54, 1.807) is 18.0 Å². The third kappa shape index (κ3) is 4.75. The summed E-state index contributed by atoms with van der Waals surface area (Å²) in [6.07, 6.45) is 0. The highest BCUT2D eigenvalue weighted by atomic mass is 79.9. The standard InChI is InChI=1S/C13H17BrClNO3S/c1-13(2,3)8-16(4)12(17)9-5-6-10(14)11(7-9)20(15,18)19/h5-7H,8H2,1-4H3. The summed E-state index contributed by atoms with van der Waals surface area (Å²) in [6, 6.07) is 4.36. The fourth-order valence-corrected chi connectivity index (χ4v) is 3.94. The zero-order valence-corrected chi connectivity index (χ0v) is 14.9. The number of amides is 1. The monoisotopic (exact) mass is 381 g/mol. The summed E-state index contributed by atoms with van der Waals surface area (Å²) in [4.78, 5) is 13.7. The Morgan fingerprint density at radius 1 is 1.35 bits per heavy atom. The number of hydrogen-bond acceptors (Lipinski definition) is 3. The molecule has 20 heavy (non-hydrogen) atoms. The van der Waals surface area contributed by atoms with Gasteiger partial charge in [0.05, 0.1) is 4.90 Å². The fourth-order valence-electron chi connectivity index (χ4n) is 1.83. The van der Waals surface area contributed by atoms with Gasteiger partial charge in [-0.25, -0.2) is 8.42 Å². The number of rotatable bonds is 3. The van der Waals surface area contributed by atoms with Crippen LogP contribution in [0.5, 0.6) is 0 Å². The van der Waals surface area contributed by atoms with Gasteiger partial charge in [-0.15, -0.1) is 0 Å². The van der Waals surface area contributed by atoms with E-state index in [-0.39, 0.29) is 16.2 Å². The minimum absolute atomic E-state index is 0.0405. The van der Waals surface area contributed by atoms with Crippen molar-refractivity contribution in [3.05, 3.63) is 28.2 Å². The molecule has 0 fully saturated rings. The predicted molar refractivity (Wildman–Crippen MR) is 83.6 cm³/mol. The molecule has 0 heterocycles. The Balaban J connectivity index is 3.13. The molecule has 0 atom stereocenters. The summed E-state index contributed by atoms with van der Waals surface area (Å²) in [5.41, 5.74) is 0.250. The lowest BCUT2D eigenvalue weighted by atomic mass is 9.96. The normalized spacial score (nSPS) is 12.3. The number of carbonyl (C=O) groups is 1. The van der Waals surface area contributed by atoms with Gasteiger partial charge in [-0.05, 0) is 39.5 Å². The van der Waals surface area contributed by atoms with Crippen LogP contribution in [0.1, 0.15) is 31.1 Å². The Hall–Kier alpha value is -0.590. The van der Waals surface area contributed by atoms with Crippen LogP contribution in [0.4, 0.5) is 0 Å². The minimum Gasteiger partial charge on any atom is -0.341 e. The summed E-state index contributed by atoms with van der Waals surface area (Å²) in [5.74, 6) is -0.242. The summed E-state index contributed by atoms with van der Waals surface area (Å²) >= 11 is 3.11. The summed E-state index contributed by atoms with van der Waals surface area (Å²) in [6.45, 7) is 6.62. The van der Waals surface area contributed by atoms with E-state index in [4.69, 9.17) is 10.7 Å². The molecular weight excluding hydrogens is 366 g/mol. The lowest BCUT2D eigenvalue weighted by Gasteiger charge is -2.26. The van der Waals surface area contributed by atoms with Crippen LogP contribution in [0.3, 0.4) is 0 Å². The Bertz CT molecular complexity index is 623. The molecule has 0 aliphatic carbocycles. The van der Waals surface area contributed by atoms with E-state index in [0.29, 0.717) is 16.6 Å². The lowest BCUT2D eigenvalue weighted by molar-refractivity contribution is 0.0745. The lowest BCUT2D eigenvalue weighted by Crippen LogP contribution is -2.34. The van der Waals surface area contributed by atoms with Gasteiger partial charge in [0.1, 0.15) is 0 Å². The molecule has 112 valence electrons. The molecule has 0 radical (unpaired) electrons. The molecule has 1 aromatic rings. The van der Waals surface area contributed by atoms with Crippen LogP contribution < -0.4 is 0 Å². The second kappa shape index (κ2) is 6.03. The van der Waals surface area contributed by atoms with Crippen LogP contribution in [0.2, 0.25) is 0 Å². The van der Waals surface area contributed by atoms with Crippen LogP contribution in [-0.4, -0.2) is 32.8 Å². The molecule has 0 bridgehead atoms. The van der Waals surface area contributed by atoms with Crippen LogP contribution in [0.25, 0.3) is 0 Å². The highest BCUT2D eigenvalue weighted by Crippen LogP contribution is 2.27. The second-order valence-electron chi connectivity index (χ2n) is 5.80. The van der Waals surface area contributed by atoms with Crippen molar-refractivity contribution < 1.29 is 13.2 Å². The molecule has 1 rings (SSSR count). The predicted octanol–water partition coefficient (Wildman–Crippen LogP) is 3.49. The largest absolute Gasteiger partial charge is 0.341 e. The van der Waals surface area contributed by atoms with E-state index in [1.165, 1.54) is 12.1 Å². The molecule has 0 spiro atoms. The highest BCUT2D eigenvalue weighted by Gasteiger charge is 2.22. The smallest absolute Gasteiger partial charge is 0.262 e. The van der Waals surface area contributed by atoms with Crippen molar-refractivity contribution >= 4 is 41.6 Å². The first-order valence-electron chi connectivity index (χ1n) is 5.91. The number of hydrogen-bond donors (Lipinski definition) is 0. The third-order valence-corrected chi connectivity index (χ3v) is 4.81. The average Bonchev–Trinajstić information content (AvgIpc) is 2.24. The molecule has 0 aliphatic rings. The van der Waals surface area contributed by atoms with Crippen molar-refractivity contribution in [2.45, 2.75) is 25.7 Å². The van der Waals surface area contributed by atoms with Crippen molar-refractivity contribution in [1.82, 2.24) is 4.90 Å². The molecule has 0 unspecified atom stereocenters. The van der Waals surface area contributed by atoms with Crippen molar-refractivity contribution in [1.29, 1.82) is 0 Å².